The summed E-state index contributed by atoms with van der Waals surface area (Å²) in [6.07, 6.45) is 1.20. The third-order valence-corrected chi connectivity index (χ3v) is 4.34. The van der Waals surface area contributed by atoms with Gasteiger partial charge >= 0.3 is 0 Å². The Morgan fingerprint density at radius 3 is 1.67 bits per heavy atom. The molecule has 1 heteroatoms. The Morgan fingerprint density at radius 2 is 1.67 bits per heavy atom. The van der Waals surface area contributed by atoms with Crippen molar-refractivity contribution in [2.75, 3.05) is 0 Å². The third kappa shape index (κ3) is 0.660. The highest BCUT2D eigenvalue weighted by Gasteiger charge is 2.65. The van der Waals surface area contributed by atoms with Gasteiger partial charge in [-0.1, -0.05) is 27.7 Å². The SMILES string of the molecule is CCC1(C)C(Cl)C1(C)C. The molecule has 0 radical (unpaired) electrons. The van der Waals surface area contributed by atoms with Crippen molar-refractivity contribution in [3.8, 4) is 0 Å². The maximum absolute atomic E-state index is 6.08. The average Bonchev–Trinajstić information content (AvgIpc) is 2.16. The van der Waals surface area contributed by atoms with E-state index >= 15 is 0 Å². The van der Waals surface area contributed by atoms with Crippen molar-refractivity contribution in [3.63, 3.8) is 0 Å². The van der Waals surface area contributed by atoms with Crippen molar-refractivity contribution in [3.05, 3.63) is 0 Å². The molecule has 0 bridgehead atoms. The van der Waals surface area contributed by atoms with E-state index in [9.17, 15) is 0 Å². The van der Waals surface area contributed by atoms with Gasteiger partial charge in [0, 0.05) is 5.38 Å². The summed E-state index contributed by atoms with van der Waals surface area (Å²) in [7, 11) is 0. The van der Waals surface area contributed by atoms with Crippen LogP contribution in [0.1, 0.15) is 34.1 Å². The Morgan fingerprint density at radius 1 is 1.33 bits per heavy atom. The van der Waals surface area contributed by atoms with Gasteiger partial charge in [-0.25, -0.2) is 0 Å². The molecule has 1 aliphatic rings. The van der Waals surface area contributed by atoms with E-state index < -0.39 is 0 Å². The van der Waals surface area contributed by atoms with Crippen molar-refractivity contribution in [2.45, 2.75) is 39.5 Å². The molecule has 0 aromatic carbocycles. The molecular formula is C8H15Cl. The van der Waals surface area contributed by atoms with Crippen LogP contribution in [0.3, 0.4) is 0 Å². The van der Waals surface area contributed by atoms with Gasteiger partial charge in [-0.2, -0.15) is 0 Å². The largest absolute Gasteiger partial charge is 0.122 e. The van der Waals surface area contributed by atoms with Gasteiger partial charge in [0.1, 0.15) is 0 Å². The van der Waals surface area contributed by atoms with E-state index in [4.69, 9.17) is 11.6 Å². The summed E-state index contributed by atoms with van der Waals surface area (Å²) in [4.78, 5) is 0. The molecule has 2 atom stereocenters. The molecule has 1 fully saturated rings. The number of halogens is 1. The second kappa shape index (κ2) is 1.66. The molecule has 0 N–H and O–H groups in total. The van der Waals surface area contributed by atoms with Crippen LogP contribution in [0.4, 0.5) is 0 Å². The van der Waals surface area contributed by atoms with Gasteiger partial charge in [0.15, 0.2) is 0 Å². The second-order valence-corrected chi connectivity index (χ2v) is 4.29. The first-order chi connectivity index (χ1) is 3.97. The fourth-order valence-electron chi connectivity index (χ4n) is 1.63. The van der Waals surface area contributed by atoms with Crippen LogP contribution in [-0.4, -0.2) is 5.38 Å². The van der Waals surface area contributed by atoms with Gasteiger partial charge in [-0.3, -0.25) is 0 Å². The third-order valence-electron chi connectivity index (χ3n) is 3.32. The predicted octanol–water partition coefficient (Wildman–Crippen LogP) is 3.05. The molecule has 54 valence electrons. The van der Waals surface area contributed by atoms with Gasteiger partial charge in [0.25, 0.3) is 0 Å². The van der Waals surface area contributed by atoms with Crippen LogP contribution in [0.2, 0.25) is 0 Å². The lowest BCUT2D eigenvalue weighted by Crippen LogP contribution is -2.00. The molecule has 0 aliphatic heterocycles. The van der Waals surface area contributed by atoms with E-state index in [1.807, 2.05) is 0 Å². The quantitative estimate of drug-likeness (QED) is 0.499. The Bertz CT molecular complexity index is 129. The first-order valence-electron chi connectivity index (χ1n) is 3.61. The van der Waals surface area contributed by atoms with Crippen molar-refractivity contribution in [2.24, 2.45) is 10.8 Å². The molecular weight excluding hydrogens is 132 g/mol. The van der Waals surface area contributed by atoms with Gasteiger partial charge in [0.2, 0.25) is 0 Å². The number of hydrogen-bond donors (Lipinski definition) is 0. The molecule has 0 amide bonds. The Hall–Kier alpha value is 0.290. The summed E-state index contributed by atoms with van der Waals surface area (Å²) < 4.78 is 0. The van der Waals surface area contributed by atoms with Gasteiger partial charge in [-0.15, -0.1) is 11.6 Å². The zero-order valence-corrected chi connectivity index (χ0v) is 7.42. The molecule has 0 nitrogen and oxygen atoms in total. The van der Waals surface area contributed by atoms with Crippen LogP contribution in [-0.2, 0) is 0 Å². The van der Waals surface area contributed by atoms with Crippen molar-refractivity contribution >= 4 is 11.6 Å². The van der Waals surface area contributed by atoms with Gasteiger partial charge in [0.05, 0.1) is 0 Å². The van der Waals surface area contributed by atoms with Crippen molar-refractivity contribution in [1.82, 2.24) is 0 Å². The molecule has 0 saturated heterocycles. The van der Waals surface area contributed by atoms with Crippen molar-refractivity contribution < 1.29 is 0 Å². The second-order valence-electron chi connectivity index (χ2n) is 3.86. The van der Waals surface area contributed by atoms with E-state index in [1.54, 1.807) is 0 Å². The number of rotatable bonds is 1. The fraction of sp³-hybridized carbons (Fsp3) is 1.00. The zero-order chi connectivity index (χ0) is 7.28. The molecule has 1 saturated carbocycles. The predicted molar refractivity (Wildman–Crippen MR) is 41.8 cm³/mol. The van der Waals surface area contributed by atoms with Gasteiger partial charge < -0.3 is 0 Å². The molecule has 1 rings (SSSR count). The van der Waals surface area contributed by atoms with Crippen LogP contribution in [0.25, 0.3) is 0 Å². The normalized spacial score (nSPS) is 47.0. The molecule has 0 heterocycles. The first kappa shape index (κ1) is 7.40. The highest BCUT2D eigenvalue weighted by atomic mass is 35.5. The standard InChI is InChI=1S/C8H15Cl/c1-5-8(4)6(9)7(8,2)3/h6H,5H2,1-4H3. The molecule has 0 aromatic rings. The van der Waals surface area contributed by atoms with Gasteiger partial charge in [-0.05, 0) is 17.3 Å². The van der Waals surface area contributed by atoms with E-state index in [0.717, 1.165) is 0 Å². The minimum absolute atomic E-state index is 0.378. The van der Waals surface area contributed by atoms with E-state index in [0.29, 0.717) is 16.2 Å². The maximum Gasteiger partial charge on any atom is 0.0451 e. The summed E-state index contributed by atoms with van der Waals surface area (Å²) in [5, 5.41) is 0.398. The van der Waals surface area contributed by atoms with Crippen molar-refractivity contribution in [1.29, 1.82) is 0 Å². The molecule has 0 spiro atoms. The Labute approximate surface area is 62.6 Å². The molecule has 9 heavy (non-hydrogen) atoms. The highest BCUT2D eigenvalue weighted by molar-refractivity contribution is 6.24. The van der Waals surface area contributed by atoms with E-state index in [2.05, 4.69) is 27.7 Å². The summed E-state index contributed by atoms with van der Waals surface area (Å²) >= 11 is 6.08. The summed E-state index contributed by atoms with van der Waals surface area (Å²) in [5.74, 6) is 0. The minimum atomic E-state index is 0.378. The fourth-order valence-corrected chi connectivity index (χ4v) is 2.25. The van der Waals surface area contributed by atoms with E-state index in [1.165, 1.54) is 6.42 Å². The van der Waals surface area contributed by atoms with Crippen LogP contribution in [0.5, 0.6) is 0 Å². The van der Waals surface area contributed by atoms with Crippen LogP contribution in [0, 0.1) is 10.8 Å². The number of alkyl halides is 1. The van der Waals surface area contributed by atoms with Crippen LogP contribution < -0.4 is 0 Å². The maximum atomic E-state index is 6.08. The average molecular weight is 147 g/mol. The lowest BCUT2D eigenvalue weighted by molar-refractivity contribution is 0.406. The highest BCUT2D eigenvalue weighted by Crippen LogP contribution is 2.68. The smallest absolute Gasteiger partial charge is 0.0451 e. The first-order valence-corrected chi connectivity index (χ1v) is 4.04. The summed E-state index contributed by atoms with van der Waals surface area (Å²) in [5.41, 5.74) is 0.790. The Balaban J connectivity index is 2.70. The van der Waals surface area contributed by atoms with E-state index in [-0.39, 0.29) is 0 Å². The summed E-state index contributed by atoms with van der Waals surface area (Å²) in [6, 6.07) is 0. The monoisotopic (exact) mass is 146 g/mol. The molecule has 0 aromatic heterocycles. The molecule has 1 aliphatic carbocycles. The minimum Gasteiger partial charge on any atom is -0.122 e. The lowest BCUT2D eigenvalue weighted by Gasteiger charge is -2.08. The molecule has 2 unspecified atom stereocenters. The zero-order valence-electron chi connectivity index (χ0n) is 6.66. The van der Waals surface area contributed by atoms with Crippen LogP contribution in [0.15, 0.2) is 0 Å². The summed E-state index contributed by atoms with van der Waals surface area (Å²) in [6.45, 7) is 8.97. The lowest BCUT2D eigenvalue weighted by atomic mass is 9.96. The van der Waals surface area contributed by atoms with Crippen LogP contribution >= 0.6 is 11.6 Å². The number of hydrogen-bond acceptors (Lipinski definition) is 0. The Kier molecular flexibility index (Phi) is 1.36. The topological polar surface area (TPSA) is 0 Å².